The molecule has 1 fully saturated rings. The maximum Gasteiger partial charge on any atom is 0.335 e. The van der Waals surface area contributed by atoms with Gasteiger partial charge in [0.15, 0.2) is 0 Å². The summed E-state index contributed by atoms with van der Waals surface area (Å²) in [5.74, 6) is -1.97. The molecule has 1 aliphatic rings. The number of carboxylic acid groups (broad SMARTS) is 1. The van der Waals surface area contributed by atoms with E-state index in [4.69, 9.17) is 5.11 Å². The van der Waals surface area contributed by atoms with Gasteiger partial charge in [-0.25, -0.2) is 14.0 Å². The quantitative estimate of drug-likeness (QED) is 0.799. The van der Waals surface area contributed by atoms with Crippen molar-refractivity contribution in [3.63, 3.8) is 0 Å². The first kappa shape index (κ1) is 15.6. The zero-order chi connectivity index (χ0) is 15.4. The summed E-state index contributed by atoms with van der Waals surface area (Å²) in [6.07, 6.45) is 4.94. The molecule has 0 saturated heterocycles. The van der Waals surface area contributed by atoms with E-state index in [1.54, 1.807) is 11.8 Å². The van der Waals surface area contributed by atoms with Gasteiger partial charge in [0.1, 0.15) is 5.82 Å². The van der Waals surface area contributed by atoms with Crippen LogP contribution in [-0.2, 0) is 0 Å². The fourth-order valence-electron chi connectivity index (χ4n) is 2.38. The molecule has 7 heteroatoms. The number of carbonyl (C=O) groups excluding carboxylic acids is 1. The van der Waals surface area contributed by atoms with Crippen LogP contribution in [0.15, 0.2) is 18.2 Å². The lowest BCUT2D eigenvalue weighted by Gasteiger charge is -2.14. The van der Waals surface area contributed by atoms with Gasteiger partial charge in [-0.3, -0.25) is 0 Å². The van der Waals surface area contributed by atoms with Crippen LogP contribution in [-0.4, -0.2) is 34.7 Å². The van der Waals surface area contributed by atoms with Crippen molar-refractivity contribution in [1.29, 1.82) is 0 Å². The molecule has 0 radical (unpaired) electrons. The van der Waals surface area contributed by atoms with Crippen molar-refractivity contribution in [3.05, 3.63) is 29.6 Å². The third kappa shape index (κ3) is 4.10. The second-order valence-electron chi connectivity index (χ2n) is 4.97. The van der Waals surface area contributed by atoms with E-state index in [0.29, 0.717) is 5.25 Å². The summed E-state index contributed by atoms with van der Waals surface area (Å²) < 4.78 is 13.7. The molecule has 1 saturated carbocycles. The molecule has 0 heterocycles. The van der Waals surface area contributed by atoms with E-state index in [9.17, 15) is 14.0 Å². The van der Waals surface area contributed by atoms with Crippen molar-refractivity contribution in [1.82, 2.24) is 5.32 Å². The van der Waals surface area contributed by atoms with Crippen LogP contribution < -0.4 is 10.6 Å². The average molecular weight is 312 g/mol. The van der Waals surface area contributed by atoms with E-state index in [-0.39, 0.29) is 17.3 Å². The molecule has 21 heavy (non-hydrogen) atoms. The number of amides is 2. The first-order valence-electron chi connectivity index (χ1n) is 6.62. The minimum absolute atomic E-state index is 0.0306. The number of thioether (sulfide) groups is 1. The Balaban J connectivity index is 1.92. The number of carboxylic acids is 1. The van der Waals surface area contributed by atoms with Gasteiger partial charge in [-0.1, -0.05) is 0 Å². The van der Waals surface area contributed by atoms with Crippen LogP contribution in [0.4, 0.5) is 14.9 Å². The maximum absolute atomic E-state index is 13.7. The third-order valence-electron chi connectivity index (χ3n) is 3.52. The second-order valence-corrected chi connectivity index (χ2v) is 6.10. The smallest absolute Gasteiger partial charge is 0.335 e. The number of hydrogen-bond acceptors (Lipinski definition) is 3. The summed E-state index contributed by atoms with van der Waals surface area (Å²) in [5, 5.41) is 14.5. The highest BCUT2D eigenvalue weighted by molar-refractivity contribution is 7.99. The Kier molecular flexibility index (Phi) is 5.06. The molecular weight excluding hydrogens is 295 g/mol. The van der Waals surface area contributed by atoms with Crippen molar-refractivity contribution in [2.75, 3.05) is 11.6 Å². The lowest BCUT2D eigenvalue weighted by Crippen LogP contribution is -2.36. The number of benzene rings is 1. The van der Waals surface area contributed by atoms with E-state index in [1.807, 2.05) is 6.26 Å². The molecule has 5 nitrogen and oxygen atoms in total. The van der Waals surface area contributed by atoms with Gasteiger partial charge in [0, 0.05) is 11.3 Å². The first-order chi connectivity index (χ1) is 9.99. The lowest BCUT2D eigenvalue weighted by molar-refractivity contribution is 0.0696. The maximum atomic E-state index is 13.7. The molecule has 0 aliphatic heterocycles. The van der Waals surface area contributed by atoms with E-state index >= 15 is 0 Å². The van der Waals surface area contributed by atoms with Crippen LogP contribution in [0, 0.1) is 5.82 Å². The largest absolute Gasteiger partial charge is 0.478 e. The summed E-state index contributed by atoms with van der Waals surface area (Å²) in [4.78, 5) is 22.5. The van der Waals surface area contributed by atoms with Crippen molar-refractivity contribution in [2.24, 2.45) is 0 Å². The number of hydrogen-bond donors (Lipinski definition) is 3. The van der Waals surface area contributed by atoms with Crippen LogP contribution in [0.2, 0.25) is 0 Å². The van der Waals surface area contributed by atoms with Crippen LogP contribution in [0.25, 0.3) is 0 Å². The van der Waals surface area contributed by atoms with Gasteiger partial charge in [0.2, 0.25) is 0 Å². The summed E-state index contributed by atoms with van der Waals surface area (Å²) in [6, 6.07) is 3.02. The molecule has 1 aromatic carbocycles. The number of aromatic carboxylic acids is 1. The second kappa shape index (κ2) is 6.80. The third-order valence-corrected chi connectivity index (χ3v) is 4.61. The Morgan fingerprint density at radius 1 is 1.38 bits per heavy atom. The lowest BCUT2D eigenvalue weighted by atomic mass is 10.2. The normalized spacial score (nSPS) is 21.0. The molecule has 0 spiro atoms. The number of halogens is 1. The van der Waals surface area contributed by atoms with Gasteiger partial charge in [0.25, 0.3) is 0 Å². The summed E-state index contributed by atoms with van der Waals surface area (Å²) in [5.41, 5.74) is -0.186. The monoisotopic (exact) mass is 312 g/mol. The molecule has 2 unspecified atom stereocenters. The molecule has 2 atom stereocenters. The highest BCUT2D eigenvalue weighted by atomic mass is 32.2. The fourth-order valence-corrected chi connectivity index (χ4v) is 3.18. The number of anilines is 1. The summed E-state index contributed by atoms with van der Waals surface area (Å²) in [6.45, 7) is 0. The predicted octanol–water partition coefficient (Wildman–Crippen LogP) is 2.93. The van der Waals surface area contributed by atoms with Gasteiger partial charge < -0.3 is 15.7 Å². The van der Waals surface area contributed by atoms with Gasteiger partial charge in [-0.15, -0.1) is 0 Å². The standard InChI is InChI=1S/C14H17FN2O3S/c1-21-10-4-3-9(7-10)16-14(20)17-12-5-2-8(13(18)19)6-11(12)15/h2,5-6,9-10H,3-4,7H2,1H3,(H,18,19)(H2,16,17,20). The van der Waals surface area contributed by atoms with Gasteiger partial charge >= 0.3 is 12.0 Å². The molecule has 1 aliphatic carbocycles. The van der Waals surface area contributed by atoms with E-state index in [2.05, 4.69) is 10.6 Å². The minimum Gasteiger partial charge on any atom is -0.478 e. The van der Waals surface area contributed by atoms with Crippen LogP contribution >= 0.6 is 11.8 Å². The number of carbonyl (C=O) groups is 2. The summed E-state index contributed by atoms with van der Waals surface area (Å²) >= 11 is 1.79. The van der Waals surface area contributed by atoms with Crippen LogP contribution in [0.3, 0.4) is 0 Å². The minimum atomic E-state index is -1.21. The van der Waals surface area contributed by atoms with Crippen LogP contribution in [0.5, 0.6) is 0 Å². The van der Waals surface area contributed by atoms with Crippen molar-refractivity contribution < 1.29 is 19.1 Å². The average Bonchev–Trinajstić information content (AvgIpc) is 2.88. The molecular formula is C14H17FN2O3S. The van der Waals surface area contributed by atoms with Crippen molar-refractivity contribution in [3.8, 4) is 0 Å². The fraction of sp³-hybridized carbons (Fsp3) is 0.429. The van der Waals surface area contributed by atoms with Gasteiger partial charge in [0.05, 0.1) is 11.3 Å². The number of urea groups is 1. The molecule has 0 aromatic heterocycles. The number of nitrogens with one attached hydrogen (secondary N) is 2. The Bertz CT molecular complexity index is 553. The highest BCUT2D eigenvalue weighted by Crippen LogP contribution is 2.28. The highest BCUT2D eigenvalue weighted by Gasteiger charge is 2.25. The zero-order valence-electron chi connectivity index (χ0n) is 11.6. The molecule has 0 bridgehead atoms. The van der Waals surface area contributed by atoms with E-state index in [0.717, 1.165) is 25.3 Å². The van der Waals surface area contributed by atoms with Crippen molar-refractivity contribution >= 4 is 29.4 Å². The molecule has 1 aromatic rings. The molecule has 2 rings (SSSR count). The summed E-state index contributed by atoms with van der Waals surface area (Å²) in [7, 11) is 0. The Morgan fingerprint density at radius 3 is 2.71 bits per heavy atom. The van der Waals surface area contributed by atoms with E-state index < -0.39 is 17.8 Å². The Hall–Kier alpha value is -1.76. The SMILES string of the molecule is CSC1CCC(NC(=O)Nc2ccc(C(=O)O)cc2F)C1. The Morgan fingerprint density at radius 2 is 2.14 bits per heavy atom. The molecule has 3 N–H and O–H groups in total. The topological polar surface area (TPSA) is 78.4 Å². The predicted molar refractivity (Wildman–Crippen MR) is 80.5 cm³/mol. The van der Waals surface area contributed by atoms with Crippen molar-refractivity contribution in [2.45, 2.75) is 30.6 Å². The van der Waals surface area contributed by atoms with Crippen LogP contribution in [0.1, 0.15) is 29.6 Å². The van der Waals surface area contributed by atoms with Gasteiger partial charge in [-0.05, 0) is 43.7 Å². The van der Waals surface area contributed by atoms with E-state index in [1.165, 1.54) is 12.1 Å². The Labute approximate surface area is 126 Å². The number of rotatable bonds is 4. The molecule has 2 amide bonds. The molecule has 114 valence electrons. The zero-order valence-corrected chi connectivity index (χ0v) is 12.4. The first-order valence-corrected chi connectivity index (χ1v) is 7.91. The van der Waals surface area contributed by atoms with Gasteiger partial charge in [-0.2, -0.15) is 11.8 Å².